The van der Waals surface area contributed by atoms with Crippen molar-refractivity contribution in [3.63, 3.8) is 0 Å². The fraction of sp³-hybridized carbons (Fsp3) is 0.115. The minimum Gasteiger partial charge on any atom is -0.493 e. The third-order valence-corrected chi connectivity index (χ3v) is 5.66. The Morgan fingerprint density at radius 3 is 2.50 bits per heavy atom. The van der Waals surface area contributed by atoms with Crippen LogP contribution in [0.3, 0.4) is 0 Å². The molecule has 172 valence electrons. The monoisotopic (exact) mass is 493 g/mol. The summed E-state index contributed by atoms with van der Waals surface area (Å²) in [5.74, 6) is 0.741. The van der Waals surface area contributed by atoms with Crippen molar-refractivity contribution in [2.45, 2.75) is 6.42 Å². The zero-order chi connectivity index (χ0) is 23.9. The molecule has 0 atom stereocenters. The molecule has 0 aliphatic carbocycles. The van der Waals surface area contributed by atoms with E-state index in [1.807, 2.05) is 30.3 Å². The first-order chi connectivity index (χ1) is 16.5. The first-order valence-electron chi connectivity index (χ1n) is 10.5. The van der Waals surface area contributed by atoms with Crippen molar-refractivity contribution in [2.24, 2.45) is 0 Å². The van der Waals surface area contributed by atoms with Crippen molar-refractivity contribution < 1.29 is 14.3 Å². The molecule has 0 bridgehead atoms. The van der Waals surface area contributed by atoms with E-state index in [1.165, 1.54) is 0 Å². The number of hydrogen-bond acceptors (Lipinski definition) is 5. The van der Waals surface area contributed by atoms with Crippen LogP contribution in [-0.4, -0.2) is 29.6 Å². The van der Waals surface area contributed by atoms with Crippen LogP contribution in [0.2, 0.25) is 10.0 Å². The van der Waals surface area contributed by atoms with Crippen LogP contribution in [0, 0.1) is 0 Å². The second-order valence-electron chi connectivity index (χ2n) is 7.32. The highest BCUT2D eigenvalue weighted by molar-refractivity contribution is 6.35. The van der Waals surface area contributed by atoms with Crippen LogP contribution in [-0.2, 0) is 6.42 Å². The molecule has 0 unspecified atom stereocenters. The standard InChI is InChI=1S/C26H21Cl2N3O3/c1-33-24-9-5-19(14-25(24)34-13-10-17-2-6-20(27)15-22(17)28)26(32)31-21-7-3-18(4-8-21)23-16-29-11-12-30-23/h2-9,11-12,14-16H,10,13H2,1H3,(H,31,32). The Labute approximate surface area is 207 Å². The number of hydrogen-bond donors (Lipinski definition) is 1. The molecule has 1 heterocycles. The predicted molar refractivity (Wildman–Crippen MR) is 134 cm³/mol. The van der Waals surface area contributed by atoms with Crippen molar-refractivity contribution >= 4 is 34.8 Å². The lowest BCUT2D eigenvalue weighted by Crippen LogP contribution is -2.12. The van der Waals surface area contributed by atoms with Gasteiger partial charge in [0.1, 0.15) is 0 Å². The zero-order valence-corrected chi connectivity index (χ0v) is 19.8. The van der Waals surface area contributed by atoms with Crippen LogP contribution in [0.1, 0.15) is 15.9 Å². The number of rotatable bonds is 8. The molecule has 1 aromatic heterocycles. The molecule has 1 N–H and O–H groups in total. The average Bonchev–Trinajstić information content (AvgIpc) is 2.86. The minimum absolute atomic E-state index is 0.263. The average molecular weight is 494 g/mol. The molecule has 0 saturated heterocycles. The van der Waals surface area contributed by atoms with Crippen LogP contribution >= 0.6 is 23.2 Å². The Balaban J connectivity index is 1.42. The molecular weight excluding hydrogens is 473 g/mol. The highest BCUT2D eigenvalue weighted by atomic mass is 35.5. The highest BCUT2D eigenvalue weighted by Gasteiger charge is 2.13. The summed E-state index contributed by atoms with van der Waals surface area (Å²) in [6.45, 7) is 0.354. The number of anilines is 1. The normalized spacial score (nSPS) is 10.6. The maximum Gasteiger partial charge on any atom is 0.255 e. The molecule has 4 rings (SSSR count). The molecule has 4 aromatic rings. The maximum absolute atomic E-state index is 12.8. The smallest absolute Gasteiger partial charge is 0.255 e. The van der Waals surface area contributed by atoms with Crippen molar-refractivity contribution in [1.82, 2.24) is 9.97 Å². The summed E-state index contributed by atoms with van der Waals surface area (Å²) in [4.78, 5) is 21.2. The van der Waals surface area contributed by atoms with Gasteiger partial charge in [-0.1, -0.05) is 41.4 Å². The largest absolute Gasteiger partial charge is 0.493 e. The molecule has 6 nitrogen and oxygen atoms in total. The van der Waals surface area contributed by atoms with Gasteiger partial charge in [-0.3, -0.25) is 14.8 Å². The molecule has 1 amide bonds. The second-order valence-corrected chi connectivity index (χ2v) is 8.17. The first-order valence-corrected chi connectivity index (χ1v) is 11.2. The maximum atomic E-state index is 12.8. The summed E-state index contributed by atoms with van der Waals surface area (Å²) in [5, 5.41) is 4.06. The van der Waals surface area contributed by atoms with Gasteiger partial charge < -0.3 is 14.8 Å². The van der Waals surface area contributed by atoms with Gasteiger partial charge in [0.25, 0.3) is 5.91 Å². The van der Waals surface area contributed by atoms with Gasteiger partial charge in [0.15, 0.2) is 11.5 Å². The third kappa shape index (κ3) is 5.84. The molecule has 0 fully saturated rings. The molecule has 0 aliphatic rings. The number of carbonyl (C=O) groups excluding carboxylic acids is 1. The quantitative estimate of drug-likeness (QED) is 0.310. The van der Waals surface area contributed by atoms with Gasteiger partial charge in [-0.15, -0.1) is 0 Å². The second kappa shape index (κ2) is 11.0. The van der Waals surface area contributed by atoms with Gasteiger partial charge in [0.2, 0.25) is 0 Å². The van der Waals surface area contributed by atoms with Crippen molar-refractivity contribution in [2.75, 3.05) is 19.0 Å². The topological polar surface area (TPSA) is 73.3 Å². The van der Waals surface area contributed by atoms with Crippen LogP contribution in [0.25, 0.3) is 11.3 Å². The van der Waals surface area contributed by atoms with Crippen molar-refractivity contribution in [1.29, 1.82) is 0 Å². The van der Waals surface area contributed by atoms with Gasteiger partial charge >= 0.3 is 0 Å². The Kier molecular flexibility index (Phi) is 7.62. The Morgan fingerprint density at radius 2 is 1.79 bits per heavy atom. The fourth-order valence-electron chi connectivity index (χ4n) is 3.30. The number of ether oxygens (including phenoxy) is 2. The van der Waals surface area contributed by atoms with E-state index in [1.54, 1.807) is 56.0 Å². The van der Waals surface area contributed by atoms with Crippen molar-refractivity contribution in [3.8, 4) is 22.8 Å². The van der Waals surface area contributed by atoms with Gasteiger partial charge in [-0.25, -0.2) is 0 Å². The van der Waals surface area contributed by atoms with E-state index in [2.05, 4.69) is 15.3 Å². The minimum atomic E-state index is -0.263. The lowest BCUT2D eigenvalue weighted by molar-refractivity contribution is 0.102. The van der Waals surface area contributed by atoms with Gasteiger partial charge in [0.05, 0.1) is 25.6 Å². The first kappa shape index (κ1) is 23.5. The summed E-state index contributed by atoms with van der Waals surface area (Å²) >= 11 is 12.2. The van der Waals surface area contributed by atoms with E-state index in [0.717, 1.165) is 16.8 Å². The van der Waals surface area contributed by atoms with Gasteiger partial charge in [-0.05, 0) is 48.0 Å². The van der Waals surface area contributed by atoms with Crippen molar-refractivity contribution in [3.05, 3.63) is 100 Å². The summed E-state index contributed by atoms with van der Waals surface area (Å²) in [5.41, 5.74) is 3.69. The van der Waals surface area contributed by atoms with Gasteiger partial charge in [-0.2, -0.15) is 0 Å². The molecular formula is C26H21Cl2N3O3. The molecule has 0 spiro atoms. The number of nitrogens with one attached hydrogen (secondary N) is 1. The highest BCUT2D eigenvalue weighted by Crippen LogP contribution is 2.29. The van der Waals surface area contributed by atoms with Crippen LogP contribution in [0.15, 0.2) is 79.3 Å². The summed E-state index contributed by atoms with van der Waals surface area (Å²) in [7, 11) is 1.55. The van der Waals surface area contributed by atoms with E-state index in [0.29, 0.717) is 45.8 Å². The van der Waals surface area contributed by atoms with E-state index in [4.69, 9.17) is 32.7 Å². The molecule has 8 heteroatoms. The number of carbonyl (C=O) groups is 1. The lowest BCUT2D eigenvalue weighted by atomic mass is 10.1. The predicted octanol–water partition coefficient (Wildman–Crippen LogP) is 6.33. The molecule has 34 heavy (non-hydrogen) atoms. The van der Waals surface area contributed by atoms with E-state index < -0.39 is 0 Å². The Hall–Kier alpha value is -3.61. The van der Waals surface area contributed by atoms with Gasteiger partial charge in [0, 0.05) is 45.7 Å². The summed E-state index contributed by atoms with van der Waals surface area (Å²) in [6.07, 6.45) is 5.53. The number of nitrogens with zero attached hydrogens (tertiary/aromatic N) is 2. The molecule has 0 saturated carbocycles. The van der Waals surface area contributed by atoms with E-state index in [9.17, 15) is 4.79 Å². The number of amides is 1. The van der Waals surface area contributed by atoms with Crippen LogP contribution in [0.4, 0.5) is 5.69 Å². The third-order valence-electron chi connectivity index (χ3n) is 5.07. The zero-order valence-electron chi connectivity index (χ0n) is 18.3. The number of halogens is 2. The Morgan fingerprint density at radius 1 is 0.971 bits per heavy atom. The molecule has 0 aliphatic heterocycles. The summed E-state index contributed by atoms with van der Waals surface area (Å²) in [6, 6.07) is 17.8. The summed E-state index contributed by atoms with van der Waals surface area (Å²) < 4.78 is 11.3. The SMILES string of the molecule is COc1ccc(C(=O)Nc2ccc(-c3cnccn3)cc2)cc1OCCc1ccc(Cl)cc1Cl. The van der Waals surface area contributed by atoms with Crippen LogP contribution < -0.4 is 14.8 Å². The molecule has 0 radical (unpaired) electrons. The van der Waals surface area contributed by atoms with E-state index >= 15 is 0 Å². The molecule has 3 aromatic carbocycles. The number of benzene rings is 3. The fourth-order valence-corrected chi connectivity index (χ4v) is 3.80. The van der Waals surface area contributed by atoms with Crippen LogP contribution in [0.5, 0.6) is 11.5 Å². The Bertz CT molecular complexity index is 1280. The number of aromatic nitrogens is 2. The lowest BCUT2D eigenvalue weighted by Gasteiger charge is -2.13. The number of methoxy groups -OCH3 is 1. The van der Waals surface area contributed by atoms with E-state index in [-0.39, 0.29) is 5.91 Å².